The van der Waals surface area contributed by atoms with Crippen molar-refractivity contribution in [3.05, 3.63) is 0 Å². The zero-order valence-electron chi connectivity index (χ0n) is 6.82. The molecular weight excluding hydrogens is 160 g/mol. The number of rotatable bonds is 4. The van der Waals surface area contributed by atoms with Crippen LogP contribution in [0.5, 0.6) is 0 Å². The number of hydrogen-bond donors (Lipinski definition) is 3. The number of amides is 1. The van der Waals surface area contributed by atoms with Gasteiger partial charge in [0, 0.05) is 0 Å². The topological polar surface area (TPSA) is 84.6 Å². The molecule has 0 aliphatic heterocycles. The van der Waals surface area contributed by atoms with E-state index in [-0.39, 0.29) is 18.8 Å². The highest BCUT2D eigenvalue weighted by Crippen LogP contribution is 2.18. The number of carbonyl (C=O) groups excluding carboxylic acids is 1. The van der Waals surface area contributed by atoms with E-state index in [9.17, 15) is 9.90 Å². The first-order valence-corrected chi connectivity index (χ1v) is 4.04. The molecule has 0 aromatic rings. The van der Waals surface area contributed by atoms with E-state index in [4.69, 9.17) is 10.6 Å². The third-order valence-electron chi connectivity index (χ3n) is 1.93. The van der Waals surface area contributed by atoms with E-state index in [0.29, 0.717) is 0 Å². The molecule has 12 heavy (non-hydrogen) atoms. The van der Waals surface area contributed by atoms with E-state index in [2.05, 4.69) is 5.48 Å². The number of hydrogen-bond acceptors (Lipinski definition) is 4. The second kappa shape index (κ2) is 4.39. The number of nitrogens with one attached hydrogen (secondary N) is 1. The van der Waals surface area contributed by atoms with Crippen LogP contribution in [0.3, 0.4) is 0 Å². The van der Waals surface area contributed by atoms with Crippen molar-refractivity contribution in [2.45, 2.75) is 31.4 Å². The fraction of sp³-hybridized carbons (Fsp3) is 0.857. The van der Waals surface area contributed by atoms with Gasteiger partial charge in [0.2, 0.25) is 5.91 Å². The first-order chi connectivity index (χ1) is 5.70. The van der Waals surface area contributed by atoms with Crippen LogP contribution in [0, 0.1) is 0 Å². The summed E-state index contributed by atoms with van der Waals surface area (Å²) in [7, 11) is 0. The lowest BCUT2D eigenvalue weighted by Crippen LogP contribution is -2.37. The summed E-state index contributed by atoms with van der Waals surface area (Å²) in [6.45, 7) is -0.150. The van der Waals surface area contributed by atoms with Crippen LogP contribution in [0.4, 0.5) is 0 Å². The third-order valence-corrected chi connectivity index (χ3v) is 1.93. The van der Waals surface area contributed by atoms with Gasteiger partial charge in [-0.25, -0.2) is 0 Å². The van der Waals surface area contributed by atoms with Gasteiger partial charge in [-0.05, 0) is 19.3 Å². The minimum absolute atomic E-state index is 0.0515. The molecule has 0 aromatic carbocycles. The number of aliphatic hydroxyl groups is 1. The lowest BCUT2D eigenvalue weighted by Gasteiger charge is -2.14. The summed E-state index contributed by atoms with van der Waals surface area (Å²) in [5.74, 6) is -0.519. The van der Waals surface area contributed by atoms with Crippen molar-refractivity contribution >= 4 is 5.91 Å². The van der Waals surface area contributed by atoms with Crippen LogP contribution in [0.15, 0.2) is 0 Å². The van der Waals surface area contributed by atoms with Gasteiger partial charge in [-0.1, -0.05) is 0 Å². The van der Waals surface area contributed by atoms with Crippen LogP contribution in [-0.2, 0) is 9.63 Å². The van der Waals surface area contributed by atoms with E-state index in [1.807, 2.05) is 0 Å². The zero-order valence-corrected chi connectivity index (χ0v) is 6.82. The van der Waals surface area contributed by atoms with Crippen LogP contribution in [-0.4, -0.2) is 29.8 Å². The molecule has 5 nitrogen and oxygen atoms in total. The lowest BCUT2D eigenvalue weighted by atomic mass is 10.2. The fourth-order valence-corrected chi connectivity index (χ4v) is 1.30. The molecule has 0 aromatic heterocycles. The van der Waals surface area contributed by atoms with Gasteiger partial charge < -0.3 is 10.8 Å². The fourth-order valence-electron chi connectivity index (χ4n) is 1.30. The Morgan fingerprint density at radius 1 is 1.67 bits per heavy atom. The highest BCUT2D eigenvalue weighted by atomic mass is 16.6. The third kappa shape index (κ3) is 2.77. The van der Waals surface area contributed by atoms with Gasteiger partial charge in [-0.3, -0.25) is 9.63 Å². The summed E-state index contributed by atoms with van der Waals surface area (Å²) in [6.07, 6.45) is 2.29. The Morgan fingerprint density at radius 3 is 2.92 bits per heavy atom. The zero-order chi connectivity index (χ0) is 8.97. The van der Waals surface area contributed by atoms with Gasteiger partial charge in [-0.15, -0.1) is 0 Å². The summed E-state index contributed by atoms with van der Waals surface area (Å²) in [5.41, 5.74) is 7.46. The molecule has 5 heteroatoms. The molecule has 0 heterocycles. The minimum atomic E-state index is -0.519. The molecule has 1 rings (SSSR count). The molecule has 1 aliphatic carbocycles. The Labute approximate surface area is 70.8 Å². The van der Waals surface area contributed by atoms with Crippen molar-refractivity contribution in [2.75, 3.05) is 6.61 Å². The molecule has 2 unspecified atom stereocenters. The highest BCUT2D eigenvalue weighted by Gasteiger charge is 2.24. The molecule has 4 N–H and O–H groups in total. The molecule has 0 saturated heterocycles. The Bertz CT molecular complexity index is 163. The van der Waals surface area contributed by atoms with Gasteiger partial charge in [-0.2, -0.15) is 5.48 Å². The standard InChI is InChI=1S/C7H14N2O3/c8-7(11)4-12-9-5-2-1-3-6(5)10/h5-6,9-10H,1-4H2,(H2,8,11). The predicted octanol–water partition coefficient (Wildman–Crippen LogP) is -1.09. The molecule has 1 aliphatic rings. The van der Waals surface area contributed by atoms with Crippen molar-refractivity contribution < 1.29 is 14.7 Å². The van der Waals surface area contributed by atoms with Crippen LogP contribution in [0.2, 0.25) is 0 Å². The van der Waals surface area contributed by atoms with E-state index >= 15 is 0 Å². The maximum atomic E-state index is 10.2. The van der Waals surface area contributed by atoms with Crippen LogP contribution in [0.25, 0.3) is 0 Å². The summed E-state index contributed by atoms with van der Waals surface area (Å²) < 4.78 is 0. The largest absolute Gasteiger partial charge is 0.391 e. The first kappa shape index (κ1) is 9.44. The number of primary amides is 1. The summed E-state index contributed by atoms with van der Waals surface area (Å²) in [6, 6.07) is -0.0515. The second-order valence-corrected chi connectivity index (χ2v) is 2.98. The van der Waals surface area contributed by atoms with Gasteiger partial charge in [0.1, 0.15) is 6.61 Å². The normalized spacial score (nSPS) is 29.1. The van der Waals surface area contributed by atoms with Crippen LogP contribution in [0.1, 0.15) is 19.3 Å². The van der Waals surface area contributed by atoms with Gasteiger partial charge in [0.25, 0.3) is 0 Å². The number of nitrogens with two attached hydrogens (primary N) is 1. The Kier molecular flexibility index (Phi) is 3.46. The summed E-state index contributed by atoms with van der Waals surface area (Å²) in [4.78, 5) is 15.0. The number of aliphatic hydroxyl groups excluding tert-OH is 1. The van der Waals surface area contributed by atoms with Gasteiger partial charge in [0.05, 0.1) is 12.1 Å². The van der Waals surface area contributed by atoms with E-state index in [1.54, 1.807) is 0 Å². The summed E-state index contributed by atoms with van der Waals surface area (Å²) >= 11 is 0. The molecule has 1 saturated carbocycles. The lowest BCUT2D eigenvalue weighted by molar-refractivity contribution is -0.126. The number of hydroxylamine groups is 1. The Hall–Kier alpha value is -0.650. The van der Waals surface area contributed by atoms with Crippen molar-refractivity contribution in [3.63, 3.8) is 0 Å². The minimum Gasteiger partial charge on any atom is -0.391 e. The monoisotopic (exact) mass is 174 g/mol. The average molecular weight is 174 g/mol. The van der Waals surface area contributed by atoms with Crippen molar-refractivity contribution in [3.8, 4) is 0 Å². The van der Waals surface area contributed by atoms with E-state index in [0.717, 1.165) is 19.3 Å². The molecule has 1 fully saturated rings. The maximum Gasteiger partial charge on any atom is 0.245 e. The average Bonchev–Trinajstić information content (AvgIpc) is 2.36. The van der Waals surface area contributed by atoms with Gasteiger partial charge in [0.15, 0.2) is 0 Å². The predicted molar refractivity (Wildman–Crippen MR) is 41.9 cm³/mol. The number of carbonyl (C=O) groups is 1. The molecule has 0 radical (unpaired) electrons. The molecular formula is C7H14N2O3. The van der Waals surface area contributed by atoms with E-state index in [1.165, 1.54) is 0 Å². The smallest absolute Gasteiger partial charge is 0.245 e. The quantitative estimate of drug-likeness (QED) is 0.473. The highest BCUT2D eigenvalue weighted by molar-refractivity contribution is 5.74. The Morgan fingerprint density at radius 2 is 2.42 bits per heavy atom. The van der Waals surface area contributed by atoms with Crippen molar-refractivity contribution in [2.24, 2.45) is 5.73 Å². The van der Waals surface area contributed by atoms with Crippen LogP contribution < -0.4 is 11.2 Å². The molecule has 70 valence electrons. The molecule has 0 spiro atoms. The molecule has 2 atom stereocenters. The maximum absolute atomic E-state index is 10.2. The second-order valence-electron chi connectivity index (χ2n) is 2.98. The van der Waals surface area contributed by atoms with Crippen molar-refractivity contribution in [1.29, 1.82) is 0 Å². The molecule has 1 amide bonds. The Balaban J connectivity index is 2.10. The van der Waals surface area contributed by atoms with Crippen LogP contribution >= 0.6 is 0 Å². The van der Waals surface area contributed by atoms with E-state index < -0.39 is 5.91 Å². The first-order valence-electron chi connectivity index (χ1n) is 4.04. The SMILES string of the molecule is NC(=O)CONC1CCCC1O. The van der Waals surface area contributed by atoms with Gasteiger partial charge >= 0.3 is 0 Å². The van der Waals surface area contributed by atoms with Crippen molar-refractivity contribution in [1.82, 2.24) is 5.48 Å². The summed E-state index contributed by atoms with van der Waals surface area (Å²) in [5, 5.41) is 9.30. The molecule has 0 bridgehead atoms.